The molecule has 0 fully saturated rings. The Labute approximate surface area is 220 Å². The van der Waals surface area contributed by atoms with Crippen LogP contribution < -0.4 is 29.4 Å². The molecule has 0 aliphatic carbocycles. The number of hydrazine groups is 1. The SMILES string of the molecule is CCCCc1ccc(N2NC(C=Cc3ccc(OC)c(OC)c3)=CC2c2ccc(OC)c(OC)c2)cc1. The Balaban J connectivity index is 1.65. The van der Waals surface area contributed by atoms with Gasteiger partial charge in [-0.3, -0.25) is 10.4 Å². The summed E-state index contributed by atoms with van der Waals surface area (Å²) in [5.74, 6) is 2.82. The van der Waals surface area contributed by atoms with Crippen LogP contribution in [0.2, 0.25) is 0 Å². The summed E-state index contributed by atoms with van der Waals surface area (Å²) in [4.78, 5) is 0. The van der Waals surface area contributed by atoms with E-state index in [2.05, 4.69) is 65.9 Å². The molecule has 1 aliphatic heterocycles. The molecule has 194 valence electrons. The van der Waals surface area contributed by atoms with E-state index >= 15 is 0 Å². The number of anilines is 1. The van der Waals surface area contributed by atoms with Crippen molar-refractivity contribution in [3.63, 3.8) is 0 Å². The summed E-state index contributed by atoms with van der Waals surface area (Å²) in [5.41, 5.74) is 9.13. The van der Waals surface area contributed by atoms with Gasteiger partial charge >= 0.3 is 0 Å². The van der Waals surface area contributed by atoms with Crippen LogP contribution in [0.1, 0.15) is 42.5 Å². The summed E-state index contributed by atoms with van der Waals surface area (Å²) >= 11 is 0. The molecule has 0 saturated carbocycles. The van der Waals surface area contributed by atoms with E-state index in [-0.39, 0.29) is 6.04 Å². The number of hydrogen-bond donors (Lipinski definition) is 1. The van der Waals surface area contributed by atoms with E-state index in [0.717, 1.165) is 28.9 Å². The van der Waals surface area contributed by atoms with Gasteiger partial charge < -0.3 is 18.9 Å². The standard InChI is InChI=1S/C31H36N2O4/c1-6-7-8-22-10-15-26(16-11-22)33-27(24-13-18-29(35-3)31(20-24)37-5)21-25(32-33)14-9-23-12-17-28(34-2)30(19-23)36-4/h9-21,27,32H,6-8H2,1-5H3. The van der Waals surface area contributed by atoms with Crippen molar-refractivity contribution in [1.29, 1.82) is 0 Å². The number of allylic oxidation sites excluding steroid dienone is 1. The van der Waals surface area contributed by atoms with Gasteiger partial charge in [0, 0.05) is 0 Å². The van der Waals surface area contributed by atoms with Crippen LogP contribution in [0, 0.1) is 0 Å². The Morgan fingerprint density at radius 3 is 2.05 bits per heavy atom. The predicted octanol–water partition coefficient (Wildman–Crippen LogP) is 6.73. The van der Waals surface area contributed by atoms with E-state index in [1.165, 1.54) is 18.4 Å². The third-order valence-electron chi connectivity index (χ3n) is 6.51. The zero-order chi connectivity index (χ0) is 26.2. The first-order chi connectivity index (χ1) is 18.1. The number of rotatable bonds is 11. The first kappa shape index (κ1) is 26.0. The van der Waals surface area contributed by atoms with Crippen molar-refractivity contribution >= 4 is 11.8 Å². The summed E-state index contributed by atoms with van der Waals surface area (Å²) in [5, 5.41) is 2.18. The molecule has 0 aromatic heterocycles. The summed E-state index contributed by atoms with van der Waals surface area (Å²) in [6.45, 7) is 2.22. The van der Waals surface area contributed by atoms with Gasteiger partial charge in [0.05, 0.1) is 45.9 Å². The molecule has 6 nitrogen and oxygen atoms in total. The maximum atomic E-state index is 5.58. The van der Waals surface area contributed by atoms with Gasteiger partial charge in [-0.1, -0.05) is 43.7 Å². The minimum atomic E-state index is -0.0358. The van der Waals surface area contributed by atoms with Crippen molar-refractivity contribution in [2.45, 2.75) is 32.2 Å². The molecule has 1 heterocycles. The van der Waals surface area contributed by atoms with Crippen LogP contribution in [0.15, 0.2) is 78.5 Å². The molecule has 1 aliphatic rings. The van der Waals surface area contributed by atoms with Crippen molar-refractivity contribution in [2.24, 2.45) is 0 Å². The normalized spacial score (nSPS) is 14.9. The number of methoxy groups -OCH3 is 4. The third kappa shape index (κ3) is 6.02. The van der Waals surface area contributed by atoms with Gasteiger partial charge in [-0.2, -0.15) is 0 Å². The average molecular weight is 501 g/mol. The van der Waals surface area contributed by atoms with Crippen molar-refractivity contribution in [3.8, 4) is 23.0 Å². The molecule has 3 aromatic rings. The molecule has 0 bridgehead atoms. The van der Waals surface area contributed by atoms with Gasteiger partial charge in [-0.05, 0) is 78.1 Å². The fourth-order valence-electron chi connectivity index (χ4n) is 4.44. The molecule has 1 N–H and O–H groups in total. The molecule has 0 radical (unpaired) electrons. The van der Waals surface area contributed by atoms with Crippen LogP contribution in [-0.2, 0) is 6.42 Å². The molecule has 0 spiro atoms. The fourth-order valence-corrected chi connectivity index (χ4v) is 4.44. The van der Waals surface area contributed by atoms with Crippen LogP contribution in [0.3, 0.4) is 0 Å². The summed E-state index contributed by atoms with van der Waals surface area (Å²) in [7, 11) is 6.60. The van der Waals surface area contributed by atoms with Crippen LogP contribution in [0.25, 0.3) is 6.08 Å². The summed E-state index contributed by atoms with van der Waals surface area (Å²) in [6.07, 6.45) is 9.83. The molecule has 37 heavy (non-hydrogen) atoms. The summed E-state index contributed by atoms with van der Waals surface area (Å²) in [6, 6.07) is 20.7. The van der Waals surface area contributed by atoms with Crippen molar-refractivity contribution < 1.29 is 18.9 Å². The lowest BCUT2D eigenvalue weighted by atomic mass is 10.0. The maximum Gasteiger partial charge on any atom is 0.161 e. The predicted molar refractivity (Wildman–Crippen MR) is 150 cm³/mol. The van der Waals surface area contributed by atoms with Gasteiger partial charge in [-0.15, -0.1) is 0 Å². The quantitative estimate of drug-likeness (QED) is 0.315. The van der Waals surface area contributed by atoms with Crippen molar-refractivity contribution in [1.82, 2.24) is 5.43 Å². The smallest absolute Gasteiger partial charge is 0.161 e. The Morgan fingerprint density at radius 2 is 1.41 bits per heavy atom. The maximum absolute atomic E-state index is 5.58. The number of hydrogen-bond acceptors (Lipinski definition) is 6. The van der Waals surface area contributed by atoms with Gasteiger partial charge in [0.25, 0.3) is 0 Å². The molecule has 0 amide bonds. The molecule has 4 rings (SSSR count). The van der Waals surface area contributed by atoms with Gasteiger partial charge in [-0.25, -0.2) is 0 Å². The second-order valence-corrected chi connectivity index (χ2v) is 8.88. The second kappa shape index (κ2) is 12.3. The molecule has 6 heteroatoms. The number of unbranched alkanes of at least 4 members (excludes halogenated alkanes) is 1. The molecular weight excluding hydrogens is 464 g/mol. The minimum absolute atomic E-state index is 0.0358. The Morgan fingerprint density at radius 1 is 0.757 bits per heavy atom. The highest BCUT2D eigenvalue weighted by Crippen LogP contribution is 2.37. The van der Waals surface area contributed by atoms with Crippen LogP contribution in [-0.4, -0.2) is 28.4 Å². The topological polar surface area (TPSA) is 52.2 Å². The van der Waals surface area contributed by atoms with E-state index in [1.54, 1.807) is 28.4 Å². The Hall–Kier alpha value is -4.06. The first-order valence-electron chi connectivity index (χ1n) is 12.6. The van der Waals surface area contributed by atoms with E-state index in [1.807, 2.05) is 30.3 Å². The fraction of sp³-hybridized carbons (Fsp3) is 0.290. The zero-order valence-electron chi connectivity index (χ0n) is 22.3. The highest BCUT2D eigenvalue weighted by atomic mass is 16.5. The number of aryl methyl sites for hydroxylation is 1. The van der Waals surface area contributed by atoms with E-state index in [4.69, 9.17) is 18.9 Å². The number of ether oxygens (including phenoxy) is 4. The zero-order valence-corrected chi connectivity index (χ0v) is 22.3. The Kier molecular flexibility index (Phi) is 8.62. The minimum Gasteiger partial charge on any atom is -0.493 e. The third-order valence-corrected chi connectivity index (χ3v) is 6.51. The van der Waals surface area contributed by atoms with Gasteiger partial charge in [0.1, 0.15) is 0 Å². The van der Waals surface area contributed by atoms with Gasteiger partial charge in [0.2, 0.25) is 0 Å². The number of nitrogens with zero attached hydrogens (tertiary/aromatic N) is 1. The first-order valence-corrected chi connectivity index (χ1v) is 12.6. The van der Waals surface area contributed by atoms with Crippen LogP contribution in [0.5, 0.6) is 23.0 Å². The van der Waals surface area contributed by atoms with E-state index in [0.29, 0.717) is 23.0 Å². The van der Waals surface area contributed by atoms with Crippen molar-refractivity contribution in [3.05, 3.63) is 95.2 Å². The molecule has 1 unspecified atom stereocenters. The van der Waals surface area contributed by atoms with Crippen LogP contribution >= 0.6 is 0 Å². The van der Waals surface area contributed by atoms with E-state index < -0.39 is 0 Å². The number of benzene rings is 3. The lowest BCUT2D eigenvalue weighted by Gasteiger charge is -2.28. The Bertz CT molecular complexity index is 1250. The molecule has 0 saturated heterocycles. The lowest BCUT2D eigenvalue weighted by Crippen LogP contribution is -2.34. The average Bonchev–Trinajstić information content (AvgIpc) is 3.38. The molecular formula is C31H36N2O4. The lowest BCUT2D eigenvalue weighted by molar-refractivity contribution is 0.354. The molecule has 3 aromatic carbocycles. The highest BCUT2D eigenvalue weighted by molar-refractivity contribution is 5.61. The highest BCUT2D eigenvalue weighted by Gasteiger charge is 2.26. The van der Waals surface area contributed by atoms with E-state index in [9.17, 15) is 0 Å². The number of nitrogens with one attached hydrogen (secondary N) is 1. The second-order valence-electron chi connectivity index (χ2n) is 8.88. The molecule has 1 atom stereocenters. The largest absolute Gasteiger partial charge is 0.493 e. The summed E-state index contributed by atoms with van der Waals surface area (Å²) < 4.78 is 21.9. The van der Waals surface area contributed by atoms with Crippen molar-refractivity contribution in [2.75, 3.05) is 33.4 Å². The van der Waals surface area contributed by atoms with Gasteiger partial charge in [0.15, 0.2) is 23.0 Å². The monoisotopic (exact) mass is 500 g/mol. The van der Waals surface area contributed by atoms with Crippen LogP contribution in [0.4, 0.5) is 5.69 Å².